The summed E-state index contributed by atoms with van der Waals surface area (Å²) in [6, 6.07) is 7.69. The van der Waals surface area contributed by atoms with Crippen LogP contribution >= 0.6 is 11.6 Å². The Kier molecular flexibility index (Phi) is 4.76. The van der Waals surface area contributed by atoms with Gasteiger partial charge in [0.15, 0.2) is 0 Å². The van der Waals surface area contributed by atoms with Crippen LogP contribution in [0.2, 0.25) is 5.02 Å². The lowest BCUT2D eigenvalue weighted by molar-refractivity contribution is 0.579. The van der Waals surface area contributed by atoms with E-state index in [2.05, 4.69) is 14.7 Å². The number of aromatic nitrogens is 2. The minimum absolute atomic E-state index is 0.0205. The van der Waals surface area contributed by atoms with Crippen LogP contribution in [0.25, 0.3) is 0 Å². The summed E-state index contributed by atoms with van der Waals surface area (Å²) in [5.74, 6) is 1.12. The zero-order chi connectivity index (χ0) is 15.5. The fourth-order valence-electron chi connectivity index (χ4n) is 1.58. The molecule has 1 N–H and O–H groups in total. The van der Waals surface area contributed by atoms with Gasteiger partial charge < -0.3 is 4.90 Å². The van der Waals surface area contributed by atoms with Crippen molar-refractivity contribution >= 4 is 27.4 Å². The number of nitrogens with one attached hydrogen (secondary N) is 1. The third-order valence-electron chi connectivity index (χ3n) is 2.69. The van der Waals surface area contributed by atoms with E-state index < -0.39 is 10.0 Å². The van der Waals surface area contributed by atoms with E-state index in [0.29, 0.717) is 16.7 Å². The fraction of sp³-hybridized carbons (Fsp3) is 0.231. The Morgan fingerprint density at radius 2 is 1.86 bits per heavy atom. The highest BCUT2D eigenvalue weighted by molar-refractivity contribution is 7.89. The molecule has 0 fully saturated rings. The van der Waals surface area contributed by atoms with Crippen LogP contribution in [0.4, 0.5) is 5.82 Å². The van der Waals surface area contributed by atoms with E-state index in [9.17, 15) is 8.42 Å². The van der Waals surface area contributed by atoms with Crippen molar-refractivity contribution in [2.24, 2.45) is 0 Å². The summed E-state index contributed by atoms with van der Waals surface area (Å²) in [4.78, 5) is 10.3. The Morgan fingerprint density at radius 3 is 2.48 bits per heavy atom. The molecule has 0 aliphatic heterocycles. The molecule has 0 unspecified atom stereocenters. The van der Waals surface area contributed by atoms with Crippen molar-refractivity contribution in [3.05, 3.63) is 47.4 Å². The van der Waals surface area contributed by atoms with E-state index in [-0.39, 0.29) is 11.4 Å². The Morgan fingerprint density at radius 1 is 1.19 bits per heavy atom. The van der Waals surface area contributed by atoms with E-state index >= 15 is 0 Å². The first-order chi connectivity index (χ1) is 9.88. The molecule has 112 valence electrons. The maximum atomic E-state index is 12.1. The second-order valence-corrected chi connectivity index (χ2v) is 6.71. The summed E-state index contributed by atoms with van der Waals surface area (Å²) in [5.41, 5.74) is 0. The van der Waals surface area contributed by atoms with Gasteiger partial charge >= 0.3 is 0 Å². The molecule has 21 heavy (non-hydrogen) atoms. The van der Waals surface area contributed by atoms with Crippen molar-refractivity contribution in [3.8, 4) is 0 Å². The zero-order valence-electron chi connectivity index (χ0n) is 11.6. The van der Waals surface area contributed by atoms with Crippen molar-refractivity contribution in [1.82, 2.24) is 14.7 Å². The molecule has 0 spiro atoms. The van der Waals surface area contributed by atoms with Crippen LogP contribution in [-0.2, 0) is 16.6 Å². The molecule has 0 saturated heterocycles. The van der Waals surface area contributed by atoms with Crippen LogP contribution in [0.1, 0.15) is 5.82 Å². The van der Waals surface area contributed by atoms with Crippen LogP contribution < -0.4 is 9.62 Å². The molecule has 2 rings (SSSR count). The van der Waals surface area contributed by atoms with Crippen molar-refractivity contribution in [1.29, 1.82) is 0 Å². The molecule has 1 aromatic carbocycles. The van der Waals surface area contributed by atoms with Crippen molar-refractivity contribution in [2.75, 3.05) is 19.0 Å². The highest BCUT2D eigenvalue weighted by Gasteiger charge is 2.14. The first-order valence-electron chi connectivity index (χ1n) is 6.13. The number of nitrogens with zero attached hydrogens (tertiary/aromatic N) is 3. The van der Waals surface area contributed by atoms with Gasteiger partial charge in [-0.25, -0.2) is 23.1 Å². The maximum Gasteiger partial charge on any atom is 0.240 e. The van der Waals surface area contributed by atoms with Gasteiger partial charge in [0.25, 0.3) is 0 Å². The number of sulfonamides is 1. The van der Waals surface area contributed by atoms with Gasteiger partial charge in [-0.05, 0) is 30.3 Å². The molecule has 0 aliphatic carbocycles. The van der Waals surface area contributed by atoms with Gasteiger partial charge in [0.2, 0.25) is 10.0 Å². The van der Waals surface area contributed by atoms with Gasteiger partial charge in [0.1, 0.15) is 11.6 Å². The number of rotatable bonds is 5. The van der Waals surface area contributed by atoms with Gasteiger partial charge in [-0.15, -0.1) is 0 Å². The normalized spacial score (nSPS) is 11.4. The molecule has 1 heterocycles. The standard InChI is InChI=1S/C13H15ClN4O2S/c1-18(2)13-7-8-15-12(17-13)9-16-21(19,20)11-5-3-10(14)4-6-11/h3-8,16H,9H2,1-2H3. The predicted molar refractivity (Wildman–Crippen MR) is 81.8 cm³/mol. The average molecular weight is 327 g/mol. The molecule has 6 nitrogen and oxygen atoms in total. The molecule has 0 amide bonds. The van der Waals surface area contributed by atoms with Crippen LogP contribution in [0, 0.1) is 0 Å². The average Bonchev–Trinajstić information content (AvgIpc) is 2.46. The molecule has 2 aromatic rings. The Hall–Kier alpha value is -1.70. The Labute approximate surface area is 128 Å². The summed E-state index contributed by atoms with van der Waals surface area (Å²) in [7, 11) is 0.0918. The van der Waals surface area contributed by atoms with Gasteiger partial charge in [0.05, 0.1) is 11.4 Å². The third kappa shape index (κ3) is 4.13. The van der Waals surface area contributed by atoms with Crippen molar-refractivity contribution in [2.45, 2.75) is 11.4 Å². The number of hydrogen-bond donors (Lipinski definition) is 1. The molecule has 1 aromatic heterocycles. The zero-order valence-corrected chi connectivity index (χ0v) is 13.2. The van der Waals surface area contributed by atoms with Gasteiger partial charge in [-0.2, -0.15) is 0 Å². The lowest BCUT2D eigenvalue weighted by atomic mass is 10.4. The third-order valence-corrected chi connectivity index (χ3v) is 4.36. The number of anilines is 1. The molecular formula is C13H15ClN4O2S. The summed E-state index contributed by atoms with van der Waals surface area (Å²) >= 11 is 5.74. The molecule has 0 atom stereocenters. The number of hydrogen-bond acceptors (Lipinski definition) is 5. The Bertz CT molecular complexity index is 717. The molecule has 0 saturated carbocycles. The Balaban J connectivity index is 2.11. The summed E-state index contributed by atoms with van der Waals surface area (Å²) in [6.45, 7) is 0.0205. The van der Waals surface area contributed by atoms with Gasteiger partial charge in [-0.3, -0.25) is 0 Å². The van der Waals surface area contributed by atoms with E-state index in [1.165, 1.54) is 24.3 Å². The van der Waals surface area contributed by atoms with Crippen LogP contribution in [0.5, 0.6) is 0 Å². The molecule has 8 heteroatoms. The SMILES string of the molecule is CN(C)c1ccnc(CNS(=O)(=O)c2ccc(Cl)cc2)n1. The van der Waals surface area contributed by atoms with Crippen LogP contribution in [0.15, 0.2) is 41.4 Å². The predicted octanol–water partition coefficient (Wildman–Crippen LogP) is 1.67. The largest absolute Gasteiger partial charge is 0.363 e. The molecule has 0 aliphatic rings. The number of benzene rings is 1. The van der Waals surface area contributed by atoms with E-state index in [0.717, 1.165) is 0 Å². The summed E-state index contributed by atoms with van der Waals surface area (Å²) in [5, 5.41) is 0.482. The maximum absolute atomic E-state index is 12.1. The molecule has 0 bridgehead atoms. The van der Waals surface area contributed by atoms with Gasteiger partial charge in [0, 0.05) is 25.3 Å². The lowest BCUT2D eigenvalue weighted by Crippen LogP contribution is -2.24. The van der Waals surface area contributed by atoms with E-state index in [4.69, 9.17) is 11.6 Å². The first kappa shape index (κ1) is 15.7. The van der Waals surface area contributed by atoms with Crippen molar-refractivity contribution < 1.29 is 8.42 Å². The lowest BCUT2D eigenvalue weighted by Gasteiger charge is -2.12. The summed E-state index contributed by atoms with van der Waals surface area (Å²) in [6.07, 6.45) is 1.59. The van der Waals surface area contributed by atoms with Crippen LogP contribution in [0.3, 0.4) is 0 Å². The van der Waals surface area contributed by atoms with Crippen LogP contribution in [-0.4, -0.2) is 32.5 Å². The second-order valence-electron chi connectivity index (χ2n) is 4.50. The van der Waals surface area contributed by atoms with E-state index in [1.807, 2.05) is 19.0 Å². The minimum Gasteiger partial charge on any atom is -0.363 e. The molecular weight excluding hydrogens is 312 g/mol. The van der Waals surface area contributed by atoms with Crippen molar-refractivity contribution in [3.63, 3.8) is 0 Å². The monoisotopic (exact) mass is 326 g/mol. The smallest absolute Gasteiger partial charge is 0.240 e. The topological polar surface area (TPSA) is 75.2 Å². The summed E-state index contributed by atoms with van der Waals surface area (Å²) < 4.78 is 26.7. The van der Waals surface area contributed by atoms with Gasteiger partial charge in [-0.1, -0.05) is 11.6 Å². The molecule has 0 radical (unpaired) electrons. The second kappa shape index (κ2) is 6.38. The first-order valence-corrected chi connectivity index (χ1v) is 7.99. The fourth-order valence-corrected chi connectivity index (χ4v) is 2.69. The quantitative estimate of drug-likeness (QED) is 0.904. The highest BCUT2D eigenvalue weighted by atomic mass is 35.5. The minimum atomic E-state index is -3.61. The number of halogens is 1. The van der Waals surface area contributed by atoms with E-state index in [1.54, 1.807) is 12.3 Å². The highest BCUT2D eigenvalue weighted by Crippen LogP contribution is 2.14.